The summed E-state index contributed by atoms with van der Waals surface area (Å²) in [6, 6.07) is 11.8. The second-order valence-electron chi connectivity index (χ2n) is 10.2. The summed E-state index contributed by atoms with van der Waals surface area (Å²) >= 11 is 1.28. The summed E-state index contributed by atoms with van der Waals surface area (Å²) in [5.41, 5.74) is 1.33. The molecule has 39 heavy (non-hydrogen) atoms. The minimum absolute atomic E-state index is 0.0285. The average molecular weight is 554 g/mol. The molecule has 1 aliphatic heterocycles. The summed E-state index contributed by atoms with van der Waals surface area (Å²) in [6.45, 7) is 7.86. The Morgan fingerprint density at radius 2 is 1.95 bits per heavy atom. The minimum Gasteiger partial charge on any atom is -0.485 e. The molecule has 0 fully saturated rings. The molecule has 208 valence electrons. The van der Waals surface area contributed by atoms with Gasteiger partial charge < -0.3 is 30.3 Å². The number of ether oxygens (including phenoxy) is 1. The van der Waals surface area contributed by atoms with E-state index in [1.54, 1.807) is 42.0 Å². The predicted molar refractivity (Wildman–Crippen MR) is 151 cm³/mol. The largest absolute Gasteiger partial charge is 0.485 e. The van der Waals surface area contributed by atoms with Crippen LogP contribution >= 0.6 is 11.3 Å². The summed E-state index contributed by atoms with van der Waals surface area (Å²) < 4.78 is 7.36. The van der Waals surface area contributed by atoms with Gasteiger partial charge in [0.1, 0.15) is 6.10 Å². The van der Waals surface area contributed by atoms with E-state index in [-0.39, 0.29) is 53.4 Å². The van der Waals surface area contributed by atoms with Gasteiger partial charge in [0.2, 0.25) is 0 Å². The van der Waals surface area contributed by atoms with Crippen molar-refractivity contribution in [2.24, 2.45) is 5.92 Å². The van der Waals surface area contributed by atoms with Crippen LogP contribution < -0.4 is 15.4 Å². The van der Waals surface area contributed by atoms with E-state index in [0.29, 0.717) is 12.2 Å². The van der Waals surface area contributed by atoms with E-state index in [4.69, 9.17) is 4.74 Å². The van der Waals surface area contributed by atoms with E-state index in [1.807, 2.05) is 45.0 Å². The van der Waals surface area contributed by atoms with Gasteiger partial charge in [-0.3, -0.25) is 9.59 Å². The zero-order valence-electron chi connectivity index (χ0n) is 22.8. The molecule has 0 saturated heterocycles. The van der Waals surface area contributed by atoms with Gasteiger partial charge in [0, 0.05) is 25.6 Å². The Morgan fingerprint density at radius 1 is 1.21 bits per heavy atom. The fourth-order valence-corrected chi connectivity index (χ4v) is 5.28. The van der Waals surface area contributed by atoms with E-state index in [9.17, 15) is 19.5 Å². The maximum absolute atomic E-state index is 13.7. The number of carbonyl (C=O) groups is 3. The molecule has 0 unspecified atom stereocenters. The van der Waals surface area contributed by atoms with Crippen molar-refractivity contribution in [1.82, 2.24) is 20.1 Å². The molecule has 2 heterocycles. The van der Waals surface area contributed by atoms with Gasteiger partial charge in [0.25, 0.3) is 11.8 Å². The highest BCUT2D eigenvalue weighted by atomic mass is 32.1. The number of aliphatic hydroxyl groups is 1. The normalized spacial score (nSPS) is 18.1. The van der Waals surface area contributed by atoms with Crippen LogP contribution in [0.15, 0.2) is 42.5 Å². The Kier molecular flexibility index (Phi) is 8.71. The van der Waals surface area contributed by atoms with E-state index < -0.39 is 18.1 Å². The van der Waals surface area contributed by atoms with Crippen LogP contribution in [0.4, 0.5) is 10.5 Å². The Labute approximate surface area is 232 Å². The zero-order valence-corrected chi connectivity index (χ0v) is 23.6. The smallest absolute Gasteiger partial charge is 0.317 e. The standard InChI is InChI=1S/C28H35N5O5S/c1-16(2)29-28(37)32(5)14-22-17(3)13-33(18(4)15-34)27(36)19-9-8-11-21(24(19)38-22)30-25(35)26-31-20-10-6-7-12-23(20)39-26/h6-12,16-18,22,34H,13-15H2,1-5H3,(H,29,37)(H,30,35)/t17-,18+,22-/m1/s1. The number of rotatable bonds is 7. The molecule has 1 aliphatic rings. The maximum atomic E-state index is 13.7. The number of amides is 4. The maximum Gasteiger partial charge on any atom is 0.317 e. The first-order valence-electron chi connectivity index (χ1n) is 13.0. The third-order valence-corrected chi connectivity index (χ3v) is 7.68. The third-order valence-electron chi connectivity index (χ3n) is 6.64. The fourth-order valence-electron chi connectivity index (χ4n) is 4.41. The SMILES string of the molecule is CC(C)NC(=O)N(C)C[C@H]1Oc2c(NC(=O)c3nc4ccccc4s3)cccc2C(=O)N([C@@H](C)CO)C[C@H]1C. The lowest BCUT2D eigenvalue weighted by molar-refractivity contribution is 0.0368. The van der Waals surface area contributed by atoms with Crippen LogP contribution in [0.25, 0.3) is 10.2 Å². The molecule has 10 nitrogen and oxygen atoms in total. The quantitative estimate of drug-likeness (QED) is 0.409. The van der Waals surface area contributed by atoms with Crippen LogP contribution in [0, 0.1) is 5.92 Å². The van der Waals surface area contributed by atoms with Crippen molar-refractivity contribution >= 4 is 45.1 Å². The Hall–Kier alpha value is -3.70. The van der Waals surface area contributed by atoms with Crippen LogP contribution in [0.2, 0.25) is 0 Å². The predicted octanol–water partition coefficient (Wildman–Crippen LogP) is 3.82. The van der Waals surface area contributed by atoms with Crippen LogP contribution in [0.1, 0.15) is 47.9 Å². The number of aliphatic hydroxyl groups excluding tert-OH is 1. The summed E-state index contributed by atoms with van der Waals surface area (Å²) in [5, 5.41) is 15.9. The lowest BCUT2D eigenvalue weighted by Crippen LogP contribution is -2.51. The number of nitrogens with zero attached hydrogens (tertiary/aromatic N) is 3. The van der Waals surface area contributed by atoms with E-state index >= 15 is 0 Å². The van der Waals surface area contributed by atoms with Crippen molar-refractivity contribution in [2.45, 2.75) is 45.9 Å². The number of hydrogen-bond donors (Lipinski definition) is 3. The Morgan fingerprint density at radius 3 is 2.64 bits per heavy atom. The number of carbonyl (C=O) groups excluding carboxylic acids is 3. The van der Waals surface area contributed by atoms with Crippen LogP contribution in [0.3, 0.4) is 0 Å². The molecule has 3 N–H and O–H groups in total. The number of urea groups is 1. The Bertz CT molecular complexity index is 1330. The lowest BCUT2D eigenvalue weighted by atomic mass is 9.99. The molecular formula is C28H35N5O5S. The number of thiazole rings is 1. The highest BCUT2D eigenvalue weighted by Gasteiger charge is 2.35. The molecule has 0 bridgehead atoms. The van der Waals surface area contributed by atoms with Crippen LogP contribution in [-0.2, 0) is 0 Å². The zero-order chi connectivity index (χ0) is 28.3. The average Bonchev–Trinajstić information content (AvgIpc) is 3.34. The van der Waals surface area contributed by atoms with Crippen LogP contribution in [-0.4, -0.2) is 82.7 Å². The molecule has 1 aromatic heterocycles. The van der Waals surface area contributed by atoms with Crippen molar-refractivity contribution in [1.29, 1.82) is 0 Å². The van der Waals surface area contributed by atoms with E-state index in [1.165, 1.54) is 11.3 Å². The second kappa shape index (κ2) is 12.0. The van der Waals surface area contributed by atoms with Gasteiger partial charge in [0.15, 0.2) is 10.8 Å². The van der Waals surface area contributed by atoms with Gasteiger partial charge in [-0.05, 0) is 45.0 Å². The molecule has 3 aromatic rings. The number of benzene rings is 2. The number of anilines is 1. The molecule has 4 rings (SSSR count). The number of para-hydroxylation sites is 2. The Balaban J connectivity index is 1.70. The first kappa shape index (κ1) is 28.3. The summed E-state index contributed by atoms with van der Waals surface area (Å²) in [6.07, 6.45) is -0.506. The summed E-state index contributed by atoms with van der Waals surface area (Å²) in [5.74, 6) is -0.695. The number of fused-ring (bicyclic) bond motifs is 2. The summed E-state index contributed by atoms with van der Waals surface area (Å²) in [4.78, 5) is 47.1. The molecule has 2 aromatic carbocycles. The third kappa shape index (κ3) is 6.31. The first-order chi connectivity index (χ1) is 18.6. The molecule has 11 heteroatoms. The molecule has 0 spiro atoms. The van der Waals surface area contributed by atoms with E-state index in [0.717, 1.165) is 10.2 Å². The summed E-state index contributed by atoms with van der Waals surface area (Å²) in [7, 11) is 1.69. The van der Waals surface area contributed by atoms with Crippen molar-refractivity contribution in [2.75, 3.05) is 32.1 Å². The van der Waals surface area contributed by atoms with Crippen molar-refractivity contribution < 1.29 is 24.2 Å². The van der Waals surface area contributed by atoms with Gasteiger partial charge in [-0.25, -0.2) is 9.78 Å². The molecule has 0 aliphatic carbocycles. The van der Waals surface area contributed by atoms with Gasteiger partial charge in [-0.1, -0.05) is 25.1 Å². The molecule has 3 atom stereocenters. The number of nitrogens with one attached hydrogen (secondary N) is 2. The monoisotopic (exact) mass is 553 g/mol. The molecular weight excluding hydrogens is 518 g/mol. The number of aromatic nitrogens is 1. The highest BCUT2D eigenvalue weighted by Crippen LogP contribution is 2.35. The molecule has 0 saturated carbocycles. The molecule has 0 radical (unpaired) electrons. The van der Waals surface area contributed by atoms with Gasteiger partial charge >= 0.3 is 6.03 Å². The number of hydrogen-bond acceptors (Lipinski definition) is 7. The fraction of sp³-hybridized carbons (Fsp3) is 0.429. The van der Waals surface area contributed by atoms with Crippen LogP contribution in [0.5, 0.6) is 5.75 Å². The van der Waals surface area contributed by atoms with Crippen molar-refractivity contribution in [3.63, 3.8) is 0 Å². The van der Waals surface area contributed by atoms with Gasteiger partial charge in [0.05, 0.1) is 40.7 Å². The van der Waals surface area contributed by atoms with Crippen molar-refractivity contribution in [3.8, 4) is 5.75 Å². The lowest BCUT2D eigenvalue weighted by Gasteiger charge is -2.38. The molecule has 4 amide bonds. The van der Waals surface area contributed by atoms with Gasteiger partial charge in [-0.15, -0.1) is 11.3 Å². The highest BCUT2D eigenvalue weighted by molar-refractivity contribution is 7.20. The topological polar surface area (TPSA) is 124 Å². The first-order valence-corrected chi connectivity index (χ1v) is 13.8. The minimum atomic E-state index is -0.506. The van der Waals surface area contributed by atoms with Gasteiger partial charge in [-0.2, -0.15) is 0 Å². The van der Waals surface area contributed by atoms with Crippen molar-refractivity contribution in [3.05, 3.63) is 53.0 Å². The number of likely N-dealkylation sites (N-methyl/N-ethyl adjacent to an activating group) is 1. The van der Waals surface area contributed by atoms with E-state index in [2.05, 4.69) is 15.6 Å². The second-order valence-corrected chi connectivity index (χ2v) is 11.3.